The van der Waals surface area contributed by atoms with Crippen molar-refractivity contribution in [2.24, 2.45) is 0 Å². The Bertz CT molecular complexity index is 745. The van der Waals surface area contributed by atoms with Gasteiger partial charge in [-0.2, -0.15) is 5.10 Å². The van der Waals surface area contributed by atoms with E-state index in [9.17, 15) is 9.59 Å². The number of aromatic nitrogens is 2. The van der Waals surface area contributed by atoms with Gasteiger partial charge in [-0.1, -0.05) is 18.2 Å². The van der Waals surface area contributed by atoms with Crippen molar-refractivity contribution in [3.8, 4) is 0 Å². The Labute approximate surface area is 141 Å². The largest absolute Gasteiger partial charge is 0.448 e. The molecule has 0 spiro atoms. The number of likely N-dealkylation sites (tertiary alicyclic amines) is 1. The number of nitrogens with one attached hydrogen (secondary N) is 1. The van der Waals surface area contributed by atoms with Gasteiger partial charge in [-0.15, -0.1) is 0 Å². The van der Waals surface area contributed by atoms with Crippen molar-refractivity contribution in [3.63, 3.8) is 0 Å². The molecule has 128 valence electrons. The van der Waals surface area contributed by atoms with Gasteiger partial charge >= 0.3 is 5.97 Å². The van der Waals surface area contributed by atoms with Crippen molar-refractivity contribution in [1.82, 2.24) is 15.1 Å². The number of nitrogens with zero attached hydrogens (tertiary/aromatic N) is 2. The van der Waals surface area contributed by atoms with Crippen LogP contribution >= 0.6 is 0 Å². The van der Waals surface area contributed by atoms with Crippen LogP contribution in [0.3, 0.4) is 0 Å². The molecule has 1 aliphatic rings. The smallest absolute Gasteiger partial charge is 0.360 e. The van der Waals surface area contributed by atoms with Crippen LogP contribution in [0.25, 0.3) is 10.9 Å². The molecule has 1 aromatic carbocycles. The predicted molar refractivity (Wildman–Crippen MR) is 90.6 cm³/mol. The van der Waals surface area contributed by atoms with E-state index in [1.54, 1.807) is 13.0 Å². The van der Waals surface area contributed by atoms with Crippen LogP contribution in [0.1, 0.15) is 50.5 Å². The van der Waals surface area contributed by atoms with Gasteiger partial charge in [0.2, 0.25) is 0 Å². The highest BCUT2D eigenvalue weighted by molar-refractivity contribution is 6.02. The van der Waals surface area contributed by atoms with E-state index in [1.165, 1.54) is 0 Å². The molecule has 3 atom stereocenters. The SMILES string of the molecule is C[C@@H]1CCC[C@H](C)N1C(=O)[C@@H](C)OC(=O)c1n[nH]c2ccccc12. The second kappa shape index (κ2) is 6.63. The standard InChI is InChI=1S/C18H23N3O3/c1-11-7-6-8-12(2)21(11)17(22)13(3)24-18(23)16-14-9-4-5-10-15(14)19-20-16/h4-5,9-13H,6-8H2,1-3H3,(H,19,20)/t11-,12+,13-/m1/s1. The Hall–Kier alpha value is -2.37. The summed E-state index contributed by atoms with van der Waals surface area (Å²) in [5.74, 6) is -0.714. The number of H-pyrrole nitrogens is 1. The van der Waals surface area contributed by atoms with Crippen LogP contribution < -0.4 is 0 Å². The third-order valence-electron chi connectivity index (χ3n) is 4.74. The Kier molecular flexibility index (Phi) is 4.55. The number of rotatable bonds is 3. The summed E-state index contributed by atoms with van der Waals surface area (Å²) in [4.78, 5) is 27.0. The van der Waals surface area contributed by atoms with Crippen molar-refractivity contribution in [1.29, 1.82) is 0 Å². The molecule has 24 heavy (non-hydrogen) atoms. The molecule has 3 rings (SSSR count). The molecule has 0 unspecified atom stereocenters. The van der Waals surface area contributed by atoms with Crippen LogP contribution in [0.15, 0.2) is 24.3 Å². The van der Waals surface area contributed by atoms with E-state index in [1.807, 2.05) is 36.9 Å². The van der Waals surface area contributed by atoms with Gasteiger partial charge < -0.3 is 9.64 Å². The topological polar surface area (TPSA) is 75.3 Å². The molecule has 6 nitrogen and oxygen atoms in total. The second-order valence-corrected chi connectivity index (χ2v) is 6.54. The van der Waals surface area contributed by atoms with Crippen LogP contribution in [-0.4, -0.2) is 45.2 Å². The Balaban J connectivity index is 1.73. The molecule has 2 aromatic rings. The summed E-state index contributed by atoms with van der Waals surface area (Å²) in [6, 6.07) is 7.69. The third kappa shape index (κ3) is 3.00. The average Bonchev–Trinajstić information content (AvgIpc) is 2.98. The van der Waals surface area contributed by atoms with Gasteiger partial charge in [0.25, 0.3) is 5.91 Å². The van der Waals surface area contributed by atoms with Gasteiger partial charge in [0.05, 0.1) is 5.52 Å². The first-order chi connectivity index (χ1) is 11.5. The zero-order valence-corrected chi connectivity index (χ0v) is 14.3. The van der Waals surface area contributed by atoms with Crippen molar-refractivity contribution in [2.75, 3.05) is 0 Å². The number of carbonyl (C=O) groups excluding carboxylic acids is 2. The summed E-state index contributed by atoms with van der Waals surface area (Å²) in [5.41, 5.74) is 0.978. The molecule has 6 heteroatoms. The average molecular weight is 329 g/mol. The molecule has 1 N–H and O–H groups in total. The van der Waals surface area contributed by atoms with Crippen molar-refractivity contribution in [2.45, 2.75) is 58.2 Å². The summed E-state index contributed by atoms with van der Waals surface area (Å²) in [6.07, 6.45) is 2.28. The van der Waals surface area contributed by atoms with E-state index in [0.29, 0.717) is 5.39 Å². The number of benzene rings is 1. The van der Waals surface area contributed by atoms with E-state index in [4.69, 9.17) is 4.74 Å². The number of ether oxygens (including phenoxy) is 1. The number of piperidine rings is 1. The number of hydrogen-bond acceptors (Lipinski definition) is 4. The van der Waals surface area contributed by atoms with E-state index in [2.05, 4.69) is 10.2 Å². The molecule has 0 bridgehead atoms. The van der Waals surface area contributed by atoms with Gasteiger partial charge in [0.15, 0.2) is 11.8 Å². The summed E-state index contributed by atoms with van der Waals surface area (Å²) >= 11 is 0. The summed E-state index contributed by atoms with van der Waals surface area (Å²) in [7, 11) is 0. The molecule has 1 fully saturated rings. The third-order valence-corrected chi connectivity index (χ3v) is 4.74. The van der Waals surface area contributed by atoms with Crippen LogP contribution in [0.2, 0.25) is 0 Å². The molecular weight excluding hydrogens is 306 g/mol. The number of fused-ring (bicyclic) bond motifs is 1. The zero-order chi connectivity index (χ0) is 17.3. The number of hydrogen-bond donors (Lipinski definition) is 1. The van der Waals surface area contributed by atoms with Crippen LogP contribution in [0.5, 0.6) is 0 Å². The lowest BCUT2D eigenvalue weighted by Crippen LogP contribution is -2.51. The van der Waals surface area contributed by atoms with Gasteiger partial charge in [-0.05, 0) is 46.1 Å². The molecular formula is C18H23N3O3. The maximum atomic E-state index is 12.7. The molecule has 1 aromatic heterocycles. The monoisotopic (exact) mass is 329 g/mol. The number of carbonyl (C=O) groups is 2. The number of esters is 1. The Morgan fingerprint density at radius 2 is 1.92 bits per heavy atom. The van der Waals surface area contributed by atoms with Crippen LogP contribution in [0.4, 0.5) is 0 Å². The van der Waals surface area contributed by atoms with E-state index in [-0.39, 0.29) is 23.7 Å². The van der Waals surface area contributed by atoms with E-state index >= 15 is 0 Å². The maximum absolute atomic E-state index is 12.7. The first-order valence-electron chi connectivity index (χ1n) is 8.45. The first kappa shape index (κ1) is 16.5. The fraction of sp³-hybridized carbons (Fsp3) is 0.500. The van der Waals surface area contributed by atoms with Crippen molar-refractivity contribution >= 4 is 22.8 Å². The predicted octanol–water partition coefficient (Wildman–Crippen LogP) is 2.90. The van der Waals surface area contributed by atoms with Gasteiger partial charge in [-0.25, -0.2) is 4.79 Å². The van der Waals surface area contributed by atoms with Crippen molar-refractivity contribution < 1.29 is 14.3 Å². The molecule has 1 saturated heterocycles. The lowest BCUT2D eigenvalue weighted by atomic mass is 9.97. The minimum Gasteiger partial charge on any atom is -0.448 e. The molecule has 0 saturated carbocycles. The first-order valence-corrected chi connectivity index (χ1v) is 8.45. The quantitative estimate of drug-likeness (QED) is 0.879. The summed E-state index contributed by atoms with van der Waals surface area (Å²) in [6.45, 7) is 5.72. The van der Waals surface area contributed by atoms with Gasteiger partial charge in [0.1, 0.15) is 0 Å². The van der Waals surface area contributed by atoms with Crippen LogP contribution in [0, 0.1) is 0 Å². The highest BCUT2D eigenvalue weighted by atomic mass is 16.5. The Morgan fingerprint density at radius 3 is 2.62 bits per heavy atom. The summed E-state index contributed by atoms with van der Waals surface area (Å²) < 4.78 is 5.40. The van der Waals surface area contributed by atoms with Crippen molar-refractivity contribution in [3.05, 3.63) is 30.0 Å². The molecule has 2 heterocycles. The fourth-order valence-electron chi connectivity index (χ4n) is 3.45. The highest BCUT2D eigenvalue weighted by Gasteiger charge is 2.33. The zero-order valence-electron chi connectivity index (χ0n) is 14.3. The summed E-state index contributed by atoms with van der Waals surface area (Å²) in [5, 5.41) is 7.52. The normalized spacial score (nSPS) is 22.4. The molecule has 0 radical (unpaired) electrons. The molecule has 1 aliphatic heterocycles. The number of amides is 1. The van der Waals surface area contributed by atoms with E-state index < -0.39 is 12.1 Å². The van der Waals surface area contributed by atoms with E-state index in [0.717, 1.165) is 24.8 Å². The fourth-order valence-corrected chi connectivity index (χ4v) is 3.45. The van der Waals surface area contributed by atoms with Gasteiger partial charge in [0, 0.05) is 17.5 Å². The minimum absolute atomic E-state index is 0.136. The maximum Gasteiger partial charge on any atom is 0.360 e. The molecule has 0 aliphatic carbocycles. The lowest BCUT2D eigenvalue weighted by Gasteiger charge is -2.40. The highest BCUT2D eigenvalue weighted by Crippen LogP contribution is 2.24. The number of para-hydroxylation sites is 1. The second-order valence-electron chi connectivity index (χ2n) is 6.54. The van der Waals surface area contributed by atoms with Gasteiger partial charge in [-0.3, -0.25) is 9.89 Å². The number of aromatic amines is 1. The molecule has 1 amide bonds. The Morgan fingerprint density at radius 1 is 1.25 bits per heavy atom. The minimum atomic E-state index is -0.823. The lowest BCUT2D eigenvalue weighted by molar-refractivity contribution is -0.146. The van der Waals surface area contributed by atoms with Crippen LogP contribution in [-0.2, 0) is 9.53 Å².